The third-order valence-electron chi connectivity index (χ3n) is 4.08. The third-order valence-corrected chi connectivity index (χ3v) is 5.36. The van der Waals surface area contributed by atoms with Crippen molar-refractivity contribution in [1.29, 1.82) is 0 Å². The van der Waals surface area contributed by atoms with E-state index in [1.807, 2.05) is 32.0 Å². The van der Waals surface area contributed by atoms with Crippen LogP contribution in [0.5, 0.6) is 0 Å². The van der Waals surface area contributed by atoms with Crippen molar-refractivity contribution in [1.82, 2.24) is 5.06 Å². The standard InChI is InChI=1S/C19H25NO3S/c1-16-12-14-19(15-13-16)24(21,22)23-20(3)17(2)8-7-11-18-9-5-4-6-10-18/h4-6,9-10,12-15,17H,7-8,11H2,1-3H3. The molecule has 0 saturated carbocycles. The molecular formula is C19H25NO3S. The fourth-order valence-corrected chi connectivity index (χ4v) is 3.42. The van der Waals surface area contributed by atoms with E-state index in [0.29, 0.717) is 0 Å². The van der Waals surface area contributed by atoms with Crippen LogP contribution in [-0.2, 0) is 20.8 Å². The zero-order valence-corrected chi connectivity index (χ0v) is 15.3. The summed E-state index contributed by atoms with van der Waals surface area (Å²) >= 11 is 0. The number of benzene rings is 2. The molecule has 2 aromatic carbocycles. The van der Waals surface area contributed by atoms with Crippen molar-refractivity contribution in [2.75, 3.05) is 7.05 Å². The Bertz CT molecular complexity index is 727. The summed E-state index contributed by atoms with van der Waals surface area (Å²) in [6.07, 6.45) is 2.81. The average molecular weight is 347 g/mol. The Labute approximate surface area is 145 Å². The quantitative estimate of drug-likeness (QED) is 0.678. The van der Waals surface area contributed by atoms with E-state index in [9.17, 15) is 8.42 Å². The lowest BCUT2D eigenvalue weighted by atomic mass is 10.1. The second-order valence-electron chi connectivity index (χ2n) is 6.11. The fraction of sp³-hybridized carbons (Fsp3) is 0.368. The Morgan fingerprint density at radius 1 is 1.04 bits per heavy atom. The Hall–Kier alpha value is -1.69. The van der Waals surface area contributed by atoms with Gasteiger partial charge < -0.3 is 0 Å². The molecule has 2 aromatic rings. The van der Waals surface area contributed by atoms with Gasteiger partial charge in [0, 0.05) is 13.1 Å². The lowest BCUT2D eigenvalue weighted by Gasteiger charge is -2.23. The molecule has 0 N–H and O–H groups in total. The van der Waals surface area contributed by atoms with Gasteiger partial charge in [-0.25, -0.2) is 0 Å². The van der Waals surface area contributed by atoms with E-state index < -0.39 is 10.1 Å². The van der Waals surface area contributed by atoms with Crippen LogP contribution in [-0.4, -0.2) is 26.6 Å². The van der Waals surface area contributed by atoms with E-state index >= 15 is 0 Å². The maximum atomic E-state index is 12.3. The highest BCUT2D eigenvalue weighted by Gasteiger charge is 2.21. The highest BCUT2D eigenvalue weighted by Crippen LogP contribution is 2.17. The van der Waals surface area contributed by atoms with Crippen molar-refractivity contribution in [3.05, 3.63) is 65.7 Å². The van der Waals surface area contributed by atoms with Crippen LogP contribution >= 0.6 is 0 Å². The predicted octanol–water partition coefficient (Wildman–Crippen LogP) is 3.96. The first-order chi connectivity index (χ1) is 11.4. The molecule has 0 bridgehead atoms. The monoisotopic (exact) mass is 347 g/mol. The van der Waals surface area contributed by atoms with Gasteiger partial charge in [-0.1, -0.05) is 48.0 Å². The summed E-state index contributed by atoms with van der Waals surface area (Å²) in [5, 5.41) is 1.43. The lowest BCUT2D eigenvalue weighted by molar-refractivity contribution is -0.0608. The van der Waals surface area contributed by atoms with Crippen molar-refractivity contribution in [3.8, 4) is 0 Å². The van der Waals surface area contributed by atoms with Crippen molar-refractivity contribution in [3.63, 3.8) is 0 Å². The minimum absolute atomic E-state index is 0.00827. The van der Waals surface area contributed by atoms with Gasteiger partial charge in [0.2, 0.25) is 0 Å². The molecule has 0 heterocycles. The van der Waals surface area contributed by atoms with Crippen LogP contribution in [0.2, 0.25) is 0 Å². The van der Waals surface area contributed by atoms with Gasteiger partial charge in [-0.2, -0.15) is 17.8 Å². The predicted molar refractivity (Wildman–Crippen MR) is 96.1 cm³/mol. The molecule has 24 heavy (non-hydrogen) atoms. The molecule has 1 unspecified atom stereocenters. The van der Waals surface area contributed by atoms with Gasteiger partial charge in [0.25, 0.3) is 0 Å². The number of hydrogen-bond acceptors (Lipinski definition) is 4. The van der Waals surface area contributed by atoms with Gasteiger partial charge in [0.15, 0.2) is 0 Å². The molecule has 5 heteroatoms. The van der Waals surface area contributed by atoms with Gasteiger partial charge in [-0.05, 0) is 50.8 Å². The summed E-state index contributed by atoms with van der Waals surface area (Å²) in [5.41, 5.74) is 2.30. The highest BCUT2D eigenvalue weighted by molar-refractivity contribution is 7.86. The topological polar surface area (TPSA) is 46.6 Å². The van der Waals surface area contributed by atoms with E-state index in [1.54, 1.807) is 31.3 Å². The number of rotatable bonds is 8. The average Bonchev–Trinajstić information content (AvgIpc) is 2.55. The van der Waals surface area contributed by atoms with E-state index in [0.717, 1.165) is 24.8 Å². The Kier molecular flexibility index (Phi) is 6.54. The first-order valence-corrected chi connectivity index (χ1v) is 9.57. The Morgan fingerprint density at radius 3 is 2.29 bits per heavy atom. The van der Waals surface area contributed by atoms with E-state index in [4.69, 9.17) is 4.28 Å². The van der Waals surface area contributed by atoms with Crippen LogP contribution in [0.4, 0.5) is 0 Å². The summed E-state index contributed by atoms with van der Waals surface area (Å²) in [6, 6.07) is 16.9. The van der Waals surface area contributed by atoms with Gasteiger partial charge in [-0.3, -0.25) is 0 Å². The van der Waals surface area contributed by atoms with E-state index in [2.05, 4.69) is 12.1 Å². The zero-order valence-electron chi connectivity index (χ0n) is 14.5. The number of aryl methyl sites for hydroxylation is 2. The van der Waals surface area contributed by atoms with Crippen LogP contribution in [0.15, 0.2) is 59.5 Å². The summed E-state index contributed by atoms with van der Waals surface area (Å²) < 4.78 is 29.8. The van der Waals surface area contributed by atoms with Crippen LogP contribution in [0, 0.1) is 6.92 Å². The normalized spacial score (nSPS) is 13.2. The van der Waals surface area contributed by atoms with E-state index in [1.165, 1.54) is 10.6 Å². The van der Waals surface area contributed by atoms with Crippen molar-refractivity contribution >= 4 is 10.1 Å². The van der Waals surface area contributed by atoms with Gasteiger partial charge in [0.1, 0.15) is 0 Å². The minimum atomic E-state index is -3.77. The Morgan fingerprint density at radius 2 is 1.67 bits per heavy atom. The molecular weight excluding hydrogens is 322 g/mol. The first kappa shape index (κ1) is 18.6. The smallest absolute Gasteiger partial charge is 0.192 e. The SMILES string of the molecule is Cc1ccc(S(=O)(=O)ON(C)C(C)CCCc2ccccc2)cc1. The number of nitrogens with zero attached hydrogens (tertiary/aromatic N) is 1. The number of hydroxylamine groups is 2. The molecule has 4 nitrogen and oxygen atoms in total. The molecule has 0 fully saturated rings. The molecule has 0 radical (unpaired) electrons. The van der Waals surface area contributed by atoms with Gasteiger partial charge in [0.05, 0.1) is 4.90 Å². The largest absolute Gasteiger partial charge is 0.313 e. The lowest BCUT2D eigenvalue weighted by Crippen LogP contribution is -2.32. The molecule has 0 aromatic heterocycles. The van der Waals surface area contributed by atoms with Crippen molar-refractivity contribution < 1.29 is 12.7 Å². The summed E-state index contributed by atoms with van der Waals surface area (Å²) in [4.78, 5) is 0.177. The summed E-state index contributed by atoms with van der Waals surface area (Å²) in [6.45, 7) is 3.88. The van der Waals surface area contributed by atoms with Crippen molar-refractivity contribution in [2.24, 2.45) is 0 Å². The molecule has 0 aliphatic heterocycles. The molecule has 0 amide bonds. The van der Waals surface area contributed by atoms with Crippen molar-refractivity contribution in [2.45, 2.75) is 44.0 Å². The molecule has 1 atom stereocenters. The molecule has 130 valence electrons. The minimum Gasteiger partial charge on any atom is -0.192 e. The maximum absolute atomic E-state index is 12.3. The second kappa shape index (κ2) is 8.42. The molecule has 0 saturated heterocycles. The zero-order chi connectivity index (χ0) is 17.6. The molecule has 2 rings (SSSR count). The molecule has 0 spiro atoms. The molecule has 0 aliphatic rings. The fourth-order valence-electron chi connectivity index (χ4n) is 2.40. The number of hydrogen-bond donors (Lipinski definition) is 0. The third kappa shape index (κ3) is 5.44. The summed E-state index contributed by atoms with van der Waals surface area (Å²) in [5.74, 6) is 0. The van der Waals surface area contributed by atoms with Gasteiger partial charge >= 0.3 is 10.1 Å². The molecule has 0 aliphatic carbocycles. The van der Waals surface area contributed by atoms with E-state index in [-0.39, 0.29) is 10.9 Å². The summed E-state index contributed by atoms with van der Waals surface area (Å²) in [7, 11) is -2.11. The first-order valence-electron chi connectivity index (χ1n) is 8.16. The highest BCUT2D eigenvalue weighted by atomic mass is 32.2. The van der Waals surface area contributed by atoms with Gasteiger partial charge in [-0.15, -0.1) is 0 Å². The van der Waals surface area contributed by atoms with Crippen LogP contribution < -0.4 is 0 Å². The van der Waals surface area contributed by atoms with Crippen LogP contribution in [0.25, 0.3) is 0 Å². The van der Waals surface area contributed by atoms with Crippen LogP contribution in [0.3, 0.4) is 0 Å². The Balaban J connectivity index is 1.86. The second-order valence-corrected chi connectivity index (χ2v) is 7.64. The maximum Gasteiger partial charge on any atom is 0.313 e. The van der Waals surface area contributed by atoms with Crippen LogP contribution in [0.1, 0.15) is 30.9 Å².